The first-order valence-corrected chi connectivity index (χ1v) is 7.23. The van der Waals surface area contributed by atoms with Gasteiger partial charge in [0.15, 0.2) is 0 Å². The number of hydrogen-bond acceptors (Lipinski definition) is 3. The van der Waals surface area contributed by atoms with Crippen molar-refractivity contribution < 1.29 is 0 Å². The third kappa shape index (κ3) is 2.02. The first kappa shape index (κ1) is 12.0. The molecule has 0 spiro atoms. The van der Waals surface area contributed by atoms with Crippen molar-refractivity contribution >= 4 is 21.6 Å². The normalized spacial score (nSPS) is 26.8. The Bertz CT molecular complexity index is 494. The van der Waals surface area contributed by atoms with Gasteiger partial charge in [-0.05, 0) is 59.4 Å². The van der Waals surface area contributed by atoms with E-state index in [1.54, 1.807) is 0 Å². The Hall–Kier alpha value is -1.05. The Kier molecular flexibility index (Phi) is 3.27. The highest BCUT2D eigenvalue weighted by Crippen LogP contribution is 2.33. The lowest BCUT2D eigenvalue weighted by atomic mass is 9.88. The van der Waals surface area contributed by atoms with Crippen LogP contribution in [-0.4, -0.2) is 26.2 Å². The lowest BCUT2D eigenvalue weighted by Crippen LogP contribution is -2.40. The monoisotopic (exact) mass is 305 g/mol. The SMILES string of the molecule is N#Cc1c(Br)cccc1N1CCC2CNCC2C1. The Morgan fingerprint density at radius 3 is 3.00 bits per heavy atom. The molecule has 2 heterocycles. The van der Waals surface area contributed by atoms with Crippen LogP contribution in [0.3, 0.4) is 0 Å². The molecule has 0 saturated carbocycles. The van der Waals surface area contributed by atoms with E-state index in [1.165, 1.54) is 13.0 Å². The first-order valence-electron chi connectivity index (χ1n) is 6.44. The predicted octanol–water partition coefficient (Wildman–Crippen LogP) is 2.37. The fraction of sp³-hybridized carbons (Fsp3) is 0.500. The molecule has 3 nitrogen and oxygen atoms in total. The highest BCUT2D eigenvalue weighted by atomic mass is 79.9. The van der Waals surface area contributed by atoms with Gasteiger partial charge in [-0.1, -0.05) is 6.07 Å². The number of anilines is 1. The van der Waals surface area contributed by atoms with E-state index in [0.717, 1.165) is 47.2 Å². The number of hydrogen-bond donors (Lipinski definition) is 1. The topological polar surface area (TPSA) is 39.1 Å². The Labute approximate surface area is 116 Å². The highest BCUT2D eigenvalue weighted by Gasteiger charge is 2.33. The minimum absolute atomic E-state index is 0.740. The summed E-state index contributed by atoms with van der Waals surface area (Å²) in [5.74, 6) is 1.57. The fourth-order valence-electron chi connectivity index (χ4n) is 3.14. The van der Waals surface area contributed by atoms with Gasteiger partial charge in [0.1, 0.15) is 6.07 Å². The summed E-state index contributed by atoms with van der Waals surface area (Å²) in [6.07, 6.45) is 1.23. The molecule has 94 valence electrons. The molecule has 2 atom stereocenters. The van der Waals surface area contributed by atoms with Gasteiger partial charge in [-0.2, -0.15) is 5.26 Å². The maximum absolute atomic E-state index is 9.30. The van der Waals surface area contributed by atoms with Crippen molar-refractivity contribution in [1.82, 2.24) is 5.32 Å². The van der Waals surface area contributed by atoms with Crippen molar-refractivity contribution in [2.75, 3.05) is 31.1 Å². The fourth-order valence-corrected chi connectivity index (χ4v) is 3.59. The number of rotatable bonds is 1. The number of halogens is 1. The van der Waals surface area contributed by atoms with Crippen LogP contribution in [-0.2, 0) is 0 Å². The van der Waals surface area contributed by atoms with Gasteiger partial charge in [0.05, 0.1) is 11.3 Å². The maximum Gasteiger partial charge on any atom is 0.103 e. The maximum atomic E-state index is 9.30. The van der Waals surface area contributed by atoms with E-state index < -0.39 is 0 Å². The van der Waals surface area contributed by atoms with Crippen molar-refractivity contribution in [2.24, 2.45) is 11.8 Å². The zero-order valence-corrected chi connectivity index (χ0v) is 11.8. The van der Waals surface area contributed by atoms with Gasteiger partial charge < -0.3 is 10.2 Å². The summed E-state index contributed by atoms with van der Waals surface area (Å²) in [6.45, 7) is 4.43. The zero-order chi connectivity index (χ0) is 12.5. The van der Waals surface area contributed by atoms with E-state index >= 15 is 0 Å². The average molecular weight is 306 g/mol. The number of nitriles is 1. The molecule has 0 amide bonds. The standard InChI is InChI=1S/C14H16BrN3/c15-13-2-1-3-14(12(13)6-16)18-5-4-10-7-17-8-11(10)9-18/h1-3,10-11,17H,4-5,7-9H2. The Morgan fingerprint density at radius 1 is 1.33 bits per heavy atom. The third-order valence-electron chi connectivity index (χ3n) is 4.15. The summed E-state index contributed by atoms with van der Waals surface area (Å²) >= 11 is 3.47. The zero-order valence-electron chi connectivity index (χ0n) is 10.2. The van der Waals surface area contributed by atoms with Gasteiger partial charge in [0, 0.05) is 17.6 Å². The van der Waals surface area contributed by atoms with Gasteiger partial charge in [-0.15, -0.1) is 0 Å². The summed E-state index contributed by atoms with van der Waals surface area (Å²) < 4.78 is 0.897. The molecule has 2 fully saturated rings. The molecule has 0 aliphatic carbocycles. The summed E-state index contributed by atoms with van der Waals surface area (Å²) in [5.41, 5.74) is 1.85. The quantitative estimate of drug-likeness (QED) is 0.866. The molecule has 1 aromatic rings. The van der Waals surface area contributed by atoms with Crippen LogP contribution in [0, 0.1) is 23.2 Å². The molecule has 1 N–H and O–H groups in total. The van der Waals surface area contributed by atoms with E-state index in [1.807, 2.05) is 12.1 Å². The van der Waals surface area contributed by atoms with Crippen molar-refractivity contribution in [3.8, 4) is 6.07 Å². The van der Waals surface area contributed by atoms with Crippen LogP contribution in [0.15, 0.2) is 22.7 Å². The van der Waals surface area contributed by atoms with E-state index in [4.69, 9.17) is 0 Å². The number of piperidine rings is 1. The Morgan fingerprint density at radius 2 is 2.17 bits per heavy atom. The van der Waals surface area contributed by atoms with Crippen LogP contribution in [0.25, 0.3) is 0 Å². The van der Waals surface area contributed by atoms with Crippen molar-refractivity contribution in [2.45, 2.75) is 6.42 Å². The van der Waals surface area contributed by atoms with Crippen LogP contribution in [0.4, 0.5) is 5.69 Å². The molecule has 1 aromatic carbocycles. The van der Waals surface area contributed by atoms with Crippen LogP contribution in [0.5, 0.6) is 0 Å². The molecule has 2 aliphatic rings. The molecule has 2 saturated heterocycles. The number of benzene rings is 1. The molecule has 4 heteroatoms. The lowest BCUT2D eigenvalue weighted by molar-refractivity contribution is 0.349. The number of nitrogens with zero attached hydrogens (tertiary/aromatic N) is 2. The molecule has 0 aromatic heterocycles. The molecule has 18 heavy (non-hydrogen) atoms. The third-order valence-corrected chi connectivity index (χ3v) is 4.81. The van der Waals surface area contributed by atoms with Gasteiger partial charge in [0.25, 0.3) is 0 Å². The molecule has 3 rings (SSSR count). The molecular weight excluding hydrogens is 290 g/mol. The second kappa shape index (κ2) is 4.91. The molecule has 0 radical (unpaired) electrons. The second-order valence-corrected chi connectivity index (χ2v) is 6.01. The average Bonchev–Trinajstić information content (AvgIpc) is 2.85. The van der Waals surface area contributed by atoms with Crippen LogP contribution >= 0.6 is 15.9 Å². The van der Waals surface area contributed by atoms with E-state index in [9.17, 15) is 5.26 Å². The lowest BCUT2D eigenvalue weighted by Gasteiger charge is -2.36. The Balaban J connectivity index is 1.87. The summed E-state index contributed by atoms with van der Waals surface area (Å²) in [6, 6.07) is 8.33. The van der Waals surface area contributed by atoms with Crippen molar-refractivity contribution in [3.05, 3.63) is 28.2 Å². The van der Waals surface area contributed by atoms with Crippen LogP contribution in [0.2, 0.25) is 0 Å². The van der Waals surface area contributed by atoms with Gasteiger partial charge in [0.2, 0.25) is 0 Å². The smallest absolute Gasteiger partial charge is 0.103 e. The van der Waals surface area contributed by atoms with Gasteiger partial charge >= 0.3 is 0 Å². The molecule has 2 unspecified atom stereocenters. The minimum Gasteiger partial charge on any atom is -0.370 e. The van der Waals surface area contributed by atoms with E-state index in [-0.39, 0.29) is 0 Å². The largest absolute Gasteiger partial charge is 0.370 e. The predicted molar refractivity (Wildman–Crippen MR) is 75.5 cm³/mol. The van der Waals surface area contributed by atoms with E-state index in [2.05, 4.69) is 38.3 Å². The van der Waals surface area contributed by atoms with Crippen molar-refractivity contribution in [1.29, 1.82) is 5.26 Å². The van der Waals surface area contributed by atoms with Gasteiger partial charge in [-0.3, -0.25) is 0 Å². The minimum atomic E-state index is 0.740. The van der Waals surface area contributed by atoms with Crippen molar-refractivity contribution in [3.63, 3.8) is 0 Å². The van der Waals surface area contributed by atoms with E-state index in [0.29, 0.717) is 0 Å². The summed E-state index contributed by atoms with van der Waals surface area (Å²) in [7, 11) is 0. The van der Waals surface area contributed by atoms with Crippen LogP contribution in [0.1, 0.15) is 12.0 Å². The molecule has 0 bridgehead atoms. The number of nitrogens with one attached hydrogen (secondary N) is 1. The molecular formula is C14H16BrN3. The summed E-state index contributed by atoms with van der Waals surface area (Å²) in [5, 5.41) is 12.8. The van der Waals surface area contributed by atoms with Gasteiger partial charge in [-0.25, -0.2) is 0 Å². The summed E-state index contributed by atoms with van der Waals surface area (Å²) in [4.78, 5) is 2.37. The highest BCUT2D eigenvalue weighted by molar-refractivity contribution is 9.10. The number of fused-ring (bicyclic) bond motifs is 1. The second-order valence-electron chi connectivity index (χ2n) is 5.16. The van der Waals surface area contributed by atoms with Crippen LogP contribution < -0.4 is 10.2 Å². The molecule has 2 aliphatic heterocycles. The first-order chi connectivity index (χ1) is 8.79.